The van der Waals surface area contributed by atoms with Gasteiger partial charge < -0.3 is 9.47 Å². The molecular weight excluding hydrogens is 237 g/mol. The Hall–Kier alpha value is -1.72. The van der Waals surface area contributed by atoms with Crippen molar-refractivity contribution in [3.8, 4) is 5.75 Å². The number of ether oxygens (including phenoxy) is 2. The molecule has 94 valence electrons. The highest BCUT2D eigenvalue weighted by Crippen LogP contribution is 2.32. The molecule has 1 aromatic carbocycles. The lowest BCUT2D eigenvalue weighted by Crippen LogP contribution is -2.09. The highest BCUT2D eigenvalue weighted by atomic mass is 19.4. The van der Waals surface area contributed by atoms with Gasteiger partial charge in [0.2, 0.25) is 0 Å². The third-order valence-electron chi connectivity index (χ3n) is 1.97. The fourth-order valence-electron chi connectivity index (χ4n) is 1.25. The minimum absolute atomic E-state index is 0.0114. The quantitative estimate of drug-likeness (QED) is 0.771. The van der Waals surface area contributed by atoms with Gasteiger partial charge in [-0.2, -0.15) is 13.2 Å². The van der Waals surface area contributed by atoms with Crippen molar-refractivity contribution < 1.29 is 27.4 Å². The van der Waals surface area contributed by atoms with Gasteiger partial charge in [0.25, 0.3) is 0 Å². The highest BCUT2D eigenvalue weighted by molar-refractivity contribution is 5.90. The lowest BCUT2D eigenvalue weighted by atomic mass is 10.1. The van der Waals surface area contributed by atoms with Crippen LogP contribution in [-0.4, -0.2) is 19.7 Å². The molecule has 0 radical (unpaired) electrons. The van der Waals surface area contributed by atoms with Gasteiger partial charge in [-0.1, -0.05) is 0 Å². The van der Waals surface area contributed by atoms with Crippen LogP contribution in [0.1, 0.15) is 22.8 Å². The molecule has 3 nitrogen and oxygen atoms in total. The third kappa shape index (κ3) is 3.37. The van der Waals surface area contributed by atoms with Crippen LogP contribution >= 0.6 is 0 Å². The molecule has 1 aromatic rings. The Bertz CT molecular complexity index is 413. The monoisotopic (exact) mass is 248 g/mol. The highest BCUT2D eigenvalue weighted by Gasteiger charge is 2.32. The molecule has 0 aliphatic rings. The molecule has 0 unspecified atom stereocenters. The van der Waals surface area contributed by atoms with Crippen LogP contribution < -0.4 is 4.74 Å². The zero-order valence-electron chi connectivity index (χ0n) is 9.30. The number of carbonyl (C=O) groups excluding carboxylic acids is 1. The van der Waals surface area contributed by atoms with Crippen LogP contribution in [-0.2, 0) is 10.9 Å². The molecule has 0 saturated carbocycles. The summed E-state index contributed by atoms with van der Waals surface area (Å²) in [7, 11) is 1.10. The van der Waals surface area contributed by atoms with E-state index < -0.39 is 17.7 Å². The minimum Gasteiger partial charge on any atom is -0.494 e. The number of hydrogen-bond donors (Lipinski definition) is 0. The second-order valence-electron chi connectivity index (χ2n) is 3.17. The zero-order chi connectivity index (χ0) is 13.1. The van der Waals surface area contributed by atoms with Gasteiger partial charge in [0.15, 0.2) is 0 Å². The number of carbonyl (C=O) groups is 1. The van der Waals surface area contributed by atoms with E-state index in [0.717, 1.165) is 19.2 Å². The number of rotatable bonds is 3. The van der Waals surface area contributed by atoms with Gasteiger partial charge in [-0.15, -0.1) is 0 Å². The van der Waals surface area contributed by atoms with Gasteiger partial charge in [-0.3, -0.25) is 0 Å². The summed E-state index contributed by atoms with van der Waals surface area (Å²) in [6, 6.07) is 2.79. The van der Waals surface area contributed by atoms with Gasteiger partial charge >= 0.3 is 12.1 Å². The van der Waals surface area contributed by atoms with Crippen molar-refractivity contribution in [1.82, 2.24) is 0 Å². The largest absolute Gasteiger partial charge is 0.494 e. The van der Waals surface area contributed by atoms with Crippen molar-refractivity contribution in [3.63, 3.8) is 0 Å². The summed E-state index contributed by atoms with van der Waals surface area (Å²) in [6.07, 6.45) is -4.53. The second kappa shape index (κ2) is 5.07. The first-order valence-corrected chi connectivity index (χ1v) is 4.82. The molecule has 0 N–H and O–H groups in total. The van der Waals surface area contributed by atoms with Gasteiger partial charge in [0, 0.05) is 0 Å². The van der Waals surface area contributed by atoms with Crippen LogP contribution in [0.5, 0.6) is 5.75 Å². The number of methoxy groups -OCH3 is 1. The maximum Gasteiger partial charge on any atom is 0.416 e. The van der Waals surface area contributed by atoms with Crippen LogP contribution in [0.15, 0.2) is 18.2 Å². The molecule has 1 rings (SSSR count). The number of hydrogen-bond acceptors (Lipinski definition) is 3. The van der Waals surface area contributed by atoms with Crippen LogP contribution in [0.3, 0.4) is 0 Å². The lowest BCUT2D eigenvalue weighted by Gasteiger charge is -2.11. The SMILES string of the molecule is CCOc1cc(C(=O)OC)cc(C(F)(F)F)c1. The molecule has 0 bridgehead atoms. The molecular formula is C11H11F3O3. The van der Waals surface area contributed by atoms with E-state index in [1.807, 2.05) is 0 Å². The topological polar surface area (TPSA) is 35.5 Å². The number of benzene rings is 1. The van der Waals surface area contributed by atoms with Gasteiger partial charge in [-0.25, -0.2) is 4.79 Å². The third-order valence-corrected chi connectivity index (χ3v) is 1.97. The molecule has 0 saturated heterocycles. The van der Waals surface area contributed by atoms with Crippen LogP contribution in [0.2, 0.25) is 0 Å². The van der Waals surface area contributed by atoms with E-state index in [1.165, 1.54) is 6.07 Å². The fourth-order valence-corrected chi connectivity index (χ4v) is 1.25. The van der Waals surface area contributed by atoms with E-state index in [0.29, 0.717) is 0 Å². The maximum atomic E-state index is 12.5. The fraction of sp³-hybridized carbons (Fsp3) is 0.364. The molecule has 0 aliphatic carbocycles. The van der Waals surface area contributed by atoms with E-state index in [1.54, 1.807) is 6.92 Å². The Morgan fingerprint density at radius 2 is 1.94 bits per heavy atom. The standard InChI is InChI=1S/C11H11F3O3/c1-3-17-9-5-7(10(15)16-2)4-8(6-9)11(12,13)14/h4-6H,3H2,1-2H3. The maximum absolute atomic E-state index is 12.5. The van der Waals surface area contributed by atoms with Crippen LogP contribution in [0.25, 0.3) is 0 Å². The van der Waals surface area contributed by atoms with Gasteiger partial charge in [-0.05, 0) is 25.1 Å². The molecule has 0 aromatic heterocycles. The Balaban J connectivity index is 3.23. The summed E-state index contributed by atoms with van der Waals surface area (Å²) in [5, 5.41) is 0. The molecule has 0 atom stereocenters. The van der Waals surface area contributed by atoms with Crippen molar-refractivity contribution in [2.45, 2.75) is 13.1 Å². The van der Waals surface area contributed by atoms with Crippen molar-refractivity contribution >= 4 is 5.97 Å². The molecule has 17 heavy (non-hydrogen) atoms. The summed E-state index contributed by atoms with van der Waals surface area (Å²) in [4.78, 5) is 11.2. The summed E-state index contributed by atoms with van der Waals surface area (Å²) < 4.78 is 47.0. The van der Waals surface area contributed by atoms with Crippen molar-refractivity contribution in [2.24, 2.45) is 0 Å². The van der Waals surface area contributed by atoms with E-state index in [4.69, 9.17) is 4.74 Å². The van der Waals surface area contributed by atoms with E-state index in [2.05, 4.69) is 4.74 Å². The molecule has 0 aliphatic heterocycles. The normalized spacial score (nSPS) is 11.1. The molecule has 0 spiro atoms. The van der Waals surface area contributed by atoms with Crippen LogP contribution in [0, 0.1) is 0 Å². The Kier molecular flexibility index (Phi) is 3.98. The molecule has 0 fully saturated rings. The Labute approximate surface area is 96.1 Å². The van der Waals surface area contributed by atoms with Gasteiger partial charge in [0.05, 0.1) is 24.8 Å². The lowest BCUT2D eigenvalue weighted by molar-refractivity contribution is -0.137. The van der Waals surface area contributed by atoms with Crippen LogP contribution in [0.4, 0.5) is 13.2 Å². The first kappa shape index (κ1) is 13.3. The zero-order valence-corrected chi connectivity index (χ0v) is 9.30. The summed E-state index contributed by atoms with van der Waals surface area (Å²) in [5.74, 6) is -0.847. The summed E-state index contributed by atoms with van der Waals surface area (Å²) in [6.45, 7) is 1.85. The van der Waals surface area contributed by atoms with E-state index >= 15 is 0 Å². The Morgan fingerprint density at radius 1 is 1.29 bits per heavy atom. The van der Waals surface area contributed by atoms with E-state index in [9.17, 15) is 18.0 Å². The Morgan fingerprint density at radius 3 is 2.41 bits per heavy atom. The first-order valence-electron chi connectivity index (χ1n) is 4.82. The van der Waals surface area contributed by atoms with Gasteiger partial charge in [0.1, 0.15) is 5.75 Å². The molecule has 0 heterocycles. The number of esters is 1. The smallest absolute Gasteiger partial charge is 0.416 e. The minimum atomic E-state index is -4.53. The van der Waals surface area contributed by atoms with Crippen molar-refractivity contribution in [3.05, 3.63) is 29.3 Å². The van der Waals surface area contributed by atoms with Crippen molar-refractivity contribution in [1.29, 1.82) is 0 Å². The molecule has 6 heteroatoms. The van der Waals surface area contributed by atoms with E-state index in [-0.39, 0.29) is 17.9 Å². The second-order valence-corrected chi connectivity index (χ2v) is 3.17. The first-order chi connectivity index (χ1) is 7.88. The number of alkyl halides is 3. The molecule has 0 amide bonds. The predicted octanol–water partition coefficient (Wildman–Crippen LogP) is 2.89. The average Bonchev–Trinajstić information content (AvgIpc) is 2.27. The summed E-state index contributed by atoms with van der Waals surface area (Å²) >= 11 is 0. The van der Waals surface area contributed by atoms with Crippen molar-refractivity contribution in [2.75, 3.05) is 13.7 Å². The summed E-state index contributed by atoms with van der Waals surface area (Å²) in [5.41, 5.74) is -1.13. The average molecular weight is 248 g/mol. The number of halogens is 3. The predicted molar refractivity (Wildman–Crippen MR) is 54.0 cm³/mol.